The second kappa shape index (κ2) is 6.99. The Kier molecular flexibility index (Phi) is 5.52. The fourth-order valence-corrected chi connectivity index (χ4v) is 2.83. The Hall–Kier alpha value is -0.780. The second-order valence-electron chi connectivity index (χ2n) is 5.27. The number of nitrogens with zero attached hydrogens (tertiary/aromatic N) is 1. The molecule has 0 amide bonds. The van der Waals surface area contributed by atoms with Crippen molar-refractivity contribution < 1.29 is 4.39 Å². The summed E-state index contributed by atoms with van der Waals surface area (Å²) >= 11 is 14.5. The zero-order valence-electron chi connectivity index (χ0n) is 11.7. The third-order valence-corrected chi connectivity index (χ3v) is 4.69. The molecule has 2 aromatic rings. The van der Waals surface area contributed by atoms with Gasteiger partial charge in [0.25, 0.3) is 0 Å². The zero-order chi connectivity index (χ0) is 15.6. The summed E-state index contributed by atoms with van der Waals surface area (Å²) in [5.74, 6) is 0.707. The Labute approximate surface area is 141 Å². The van der Waals surface area contributed by atoms with Gasteiger partial charge in [0.1, 0.15) is 16.3 Å². The minimum absolute atomic E-state index is 0.116. The van der Waals surface area contributed by atoms with E-state index < -0.39 is 5.82 Å². The summed E-state index contributed by atoms with van der Waals surface area (Å²) in [5.41, 5.74) is 1.49. The Morgan fingerprint density at radius 2 is 2.14 bits per heavy atom. The van der Waals surface area contributed by atoms with Crippen LogP contribution < -0.4 is 0 Å². The van der Waals surface area contributed by atoms with Gasteiger partial charge in [-0.2, -0.15) is 0 Å². The minimum atomic E-state index is -0.409. The molecule has 0 aliphatic carbocycles. The SMILES string of the molecule is CC(C)Cc1[nH]c(Cc2cccc(Cl)c2F)nc(=S)c1Br. The molecule has 2 nitrogen and oxygen atoms in total. The minimum Gasteiger partial charge on any atom is -0.346 e. The van der Waals surface area contributed by atoms with Crippen LogP contribution in [-0.4, -0.2) is 9.97 Å². The van der Waals surface area contributed by atoms with E-state index in [4.69, 9.17) is 23.8 Å². The number of halogens is 3. The maximum atomic E-state index is 14.0. The van der Waals surface area contributed by atoms with Crippen LogP contribution in [0.5, 0.6) is 0 Å². The highest BCUT2D eigenvalue weighted by Crippen LogP contribution is 2.22. The monoisotopic (exact) mass is 388 g/mol. The van der Waals surface area contributed by atoms with Crippen LogP contribution in [0.15, 0.2) is 22.7 Å². The van der Waals surface area contributed by atoms with E-state index in [-0.39, 0.29) is 5.02 Å². The normalized spacial score (nSPS) is 11.1. The quantitative estimate of drug-likeness (QED) is 0.701. The van der Waals surface area contributed by atoms with Crippen LogP contribution in [0.2, 0.25) is 5.02 Å². The van der Waals surface area contributed by atoms with E-state index in [2.05, 4.69) is 39.7 Å². The van der Waals surface area contributed by atoms with Gasteiger partial charge in [0, 0.05) is 12.1 Å². The fourth-order valence-electron chi connectivity index (χ4n) is 2.06. The molecule has 2 rings (SSSR count). The number of hydrogen-bond acceptors (Lipinski definition) is 2. The van der Waals surface area contributed by atoms with Gasteiger partial charge < -0.3 is 4.98 Å². The van der Waals surface area contributed by atoms with Crippen molar-refractivity contribution in [2.75, 3.05) is 0 Å². The number of benzene rings is 1. The van der Waals surface area contributed by atoms with E-state index >= 15 is 0 Å². The van der Waals surface area contributed by atoms with Crippen molar-refractivity contribution in [1.82, 2.24) is 9.97 Å². The lowest BCUT2D eigenvalue weighted by molar-refractivity contribution is 0.609. The first kappa shape index (κ1) is 16.6. The van der Waals surface area contributed by atoms with Crippen molar-refractivity contribution in [3.63, 3.8) is 0 Å². The van der Waals surface area contributed by atoms with Crippen LogP contribution in [0.4, 0.5) is 4.39 Å². The molecule has 1 aromatic heterocycles. The van der Waals surface area contributed by atoms with Gasteiger partial charge in [0.05, 0.1) is 9.50 Å². The number of nitrogens with one attached hydrogen (secondary N) is 1. The average molecular weight is 390 g/mol. The average Bonchev–Trinajstić information content (AvgIpc) is 2.40. The Balaban J connectivity index is 2.38. The number of aromatic nitrogens is 2. The van der Waals surface area contributed by atoms with Crippen molar-refractivity contribution in [3.8, 4) is 0 Å². The first-order valence-corrected chi connectivity index (χ1v) is 8.17. The van der Waals surface area contributed by atoms with Crippen LogP contribution in [-0.2, 0) is 12.8 Å². The highest BCUT2D eigenvalue weighted by atomic mass is 79.9. The lowest BCUT2D eigenvalue weighted by Gasteiger charge is -2.11. The molecular weight excluding hydrogens is 375 g/mol. The Bertz CT molecular complexity index is 715. The van der Waals surface area contributed by atoms with Gasteiger partial charge in [-0.1, -0.05) is 49.8 Å². The number of aromatic amines is 1. The van der Waals surface area contributed by atoms with Gasteiger partial charge in [-0.05, 0) is 39.9 Å². The van der Waals surface area contributed by atoms with Gasteiger partial charge in [-0.25, -0.2) is 9.37 Å². The van der Waals surface area contributed by atoms with Crippen molar-refractivity contribution in [2.45, 2.75) is 26.7 Å². The molecule has 1 heterocycles. The maximum Gasteiger partial charge on any atom is 0.145 e. The molecule has 0 saturated carbocycles. The van der Waals surface area contributed by atoms with E-state index in [1.165, 1.54) is 6.07 Å². The summed E-state index contributed by atoms with van der Waals surface area (Å²) in [5, 5.41) is 0.116. The summed E-state index contributed by atoms with van der Waals surface area (Å²) < 4.78 is 15.3. The Morgan fingerprint density at radius 3 is 2.81 bits per heavy atom. The lowest BCUT2D eigenvalue weighted by Crippen LogP contribution is -2.06. The van der Waals surface area contributed by atoms with Gasteiger partial charge in [-0.15, -0.1) is 0 Å². The molecule has 0 aliphatic heterocycles. The van der Waals surface area contributed by atoms with Crippen LogP contribution in [0.25, 0.3) is 0 Å². The number of hydrogen-bond donors (Lipinski definition) is 1. The van der Waals surface area contributed by atoms with Crippen LogP contribution in [0.3, 0.4) is 0 Å². The largest absolute Gasteiger partial charge is 0.346 e. The van der Waals surface area contributed by atoms with Crippen molar-refractivity contribution in [3.05, 3.63) is 55.2 Å². The molecule has 0 fully saturated rings. The highest BCUT2D eigenvalue weighted by molar-refractivity contribution is 9.10. The molecule has 6 heteroatoms. The number of rotatable bonds is 4. The standard InChI is InChI=1S/C15H15BrClFN2S/c1-8(2)6-11-13(16)15(21)20-12(19-11)7-9-4-3-5-10(17)14(9)18/h3-5,8H,6-7H2,1-2H3,(H,19,20,21). The predicted octanol–water partition coefficient (Wildman–Crippen LogP) is 5.48. The molecule has 1 N–H and O–H groups in total. The molecular formula is C15H15BrClFN2S. The van der Waals surface area contributed by atoms with E-state index in [1.54, 1.807) is 12.1 Å². The third-order valence-electron chi connectivity index (χ3n) is 2.99. The molecule has 0 atom stereocenters. The summed E-state index contributed by atoms with van der Waals surface area (Å²) in [6, 6.07) is 4.95. The van der Waals surface area contributed by atoms with Crippen LogP contribution in [0, 0.1) is 16.4 Å². The van der Waals surface area contributed by atoms with Gasteiger partial charge in [0.2, 0.25) is 0 Å². The van der Waals surface area contributed by atoms with E-state index in [0.717, 1.165) is 16.6 Å². The van der Waals surface area contributed by atoms with E-state index in [1.807, 2.05) is 0 Å². The topological polar surface area (TPSA) is 28.7 Å². The smallest absolute Gasteiger partial charge is 0.145 e. The molecule has 0 unspecified atom stereocenters. The number of H-pyrrole nitrogens is 1. The summed E-state index contributed by atoms with van der Waals surface area (Å²) in [6.07, 6.45) is 1.17. The van der Waals surface area contributed by atoms with Gasteiger partial charge >= 0.3 is 0 Å². The fraction of sp³-hybridized carbons (Fsp3) is 0.333. The zero-order valence-corrected chi connectivity index (χ0v) is 14.9. The highest BCUT2D eigenvalue weighted by Gasteiger charge is 2.12. The van der Waals surface area contributed by atoms with Gasteiger partial charge in [-0.3, -0.25) is 0 Å². The lowest BCUT2D eigenvalue weighted by atomic mass is 10.1. The first-order chi connectivity index (χ1) is 9.88. The molecule has 0 saturated heterocycles. The third kappa shape index (κ3) is 4.11. The summed E-state index contributed by atoms with van der Waals surface area (Å²) in [6.45, 7) is 4.25. The maximum absolute atomic E-state index is 14.0. The Morgan fingerprint density at radius 1 is 1.43 bits per heavy atom. The summed E-state index contributed by atoms with van der Waals surface area (Å²) in [4.78, 5) is 7.55. The first-order valence-electron chi connectivity index (χ1n) is 6.59. The molecule has 0 radical (unpaired) electrons. The van der Waals surface area contributed by atoms with Crippen molar-refractivity contribution >= 4 is 39.7 Å². The molecule has 0 aliphatic rings. The molecule has 0 spiro atoms. The molecule has 0 bridgehead atoms. The summed E-state index contributed by atoms with van der Waals surface area (Å²) in [7, 11) is 0. The van der Waals surface area contributed by atoms with Crippen LogP contribution in [0.1, 0.15) is 30.9 Å². The predicted molar refractivity (Wildman–Crippen MR) is 89.9 cm³/mol. The van der Waals surface area contributed by atoms with Crippen molar-refractivity contribution in [1.29, 1.82) is 0 Å². The van der Waals surface area contributed by atoms with Crippen molar-refractivity contribution in [2.24, 2.45) is 5.92 Å². The molecule has 1 aromatic carbocycles. The molecule has 21 heavy (non-hydrogen) atoms. The van der Waals surface area contributed by atoms with Crippen LogP contribution >= 0.6 is 39.7 Å². The van der Waals surface area contributed by atoms with E-state index in [9.17, 15) is 4.39 Å². The van der Waals surface area contributed by atoms with Gasteiger partial charge in [0.15, 0.2) is 0 Å². The van der Waals surface area contributed by atoms with E-state index in [0.29, 0.717) is 28.4 Å². The second-order valence-corrected chi connectivity index (χ2v) is 6.86. The molecule has 112 valence electrons.